The number of amides is 2. The number of thiazole rings is 1. The number of rotatable bonds is 12. The van der Waals surface area contributed by atoms with E-state index in [2.05, 4.69) is 22.5 Å². The van der Waals surface area contributed by atoms with Crippen LogP contribution in [0.15, 0.2) is 28.3 Å². The summed E-state index contributed by atoms with van der Waals surface area (Å²) in [5.41, 5.74) is 3.82. The molecule has 59 heavy (non-hydrogen) atoms. The summed E-state index contributed by atoms with van der Waals surface area (Å²) in [4.78, 5) is 89.0. The van der Waals surface area contributed by atoms with Crippen LogP contribution in [0.5, 0.6) is 11.5 Å². The number of fused-ring (bicyclic) bond motifs is 4. The zero-order valence-electron chi connectivity index (χ0n) is 32.9. The van der Waals surface area contributed by atoms with Gasteiger partial charge in [0.25, 0.3) is 5.91 Å². The summed E-state index contributed by atoms with van der Waals surface area (Å²) in [6, 6.07) is -0.956. The van der Waals surface area contributed by atoms with Crippen LogP contribution in [-0.2, 0) is 35.2 Å². The number of anilines is 1. The number of piperidine rings is 1. The number of benzene rings is 1. The van der Waals surface area contributed by atoms with Gasteiger partial charge in [-0.2, -0.15) is 0 Å². The van der Waals surface area contributed by atoms with Gasteiger partial charge < -0.3 is 55.3 Å². The molecule has 5 N–H and O–H groups in total. The van der Waals surface area contributed by atoms with Gasteiger partial charge in [0, 0.05) is 54.2 Å². The number of phenols is 2. The SMILES string of the molecule is C[C@@H]1S[C@@H]2[C@H](NC(=O)/C(=N\OC(C)(C)C(=O)[O-])c3csc(N)n3)C(=O)N2C(C(=O)[O-])C1C[N+]1(C)[C@@H]2CC[C@H]1CC(CC(=O)C1=CCc3cc(O)c(O)c(Cl)c3C1=O)C2.[Na+]. The number of aliphatic carboxylic acids is 2. The van der Waals surface area contributed by atoms with E-state index in [-0.39, 0.29) is 98.4 Å². The number of nitrogen functional groups attached to an aromatic ring is 1. The third kappa shape index (κ3) is 7.99. The number of oxime groups is 1. The number of quaternary nitrogens is 1. The maximum absolute atomic E-state index is 13.7. The van der Waals surface area contributed by atoms with Crippen LogP contribution < -0.4 is 50.8 Å². The zero-order valence-corrected chi connectivity index (χ0v) is 37.3. The zero-order chi connectivity index (χ0) is 42.2. The molecule has 0 saturated carbocycles. The van der Waals surface area contributed by atoms with E-state index in [0.717, 1.165) is 24.2 Å². The third-order valence-electron chi connectivity index (χ3n) is 12.5. The molecule has 1 aromatic carbocycles. The Morgan fingerprint density at radius 2 is 1.83 bits per heavy atom. The number of nitrogens with zero attached hydrogens (tertiary/aromatic N) is 4. The summed E-state index contributed by atoms with van der Waals surface area (Å²) in [5, 5.41) is 51.0. The molecule has 17 nitrogen and oxygen atoms in total. The van der Waals surface area contributed by atoms with Crippen LogP contribution in [0.3, 0.4) is 0 Å². The Hall–Kier alpha value is -3.72. The maximum Gasteiger partial charge on any atom is 1.00 e. The number of aromatic hydroxyl groups is 2. The number of nitrogens with two attached hydrogens (primary N) is 1. The summed E-state index contributed by atoms with van der Waals surface area (Å²) < 4.78 is 0.559. The quantitative estimate of drug-likeness (QED) is 0.0321. The number of hydrogen-bond donors (Lipinski definition) is 4. The molecule has 9 atom stereocenters. The summed E-state index contributed by atoms with van der Waals surface area (Å²) in [6.45, 7) is 4.68. The number of nitrogens with one attached hydrogen (secondary N) is 1. The fourth-order valence-corrected chi connectivity index (χ4v) is 11.7. The minimum atomic E-state index is -1.91. The molecule has 1 aliphatic carbocycles. The number of hydrogen-bond acceptors (Lipinski definition) is 16. The minimum Gasteiger partial charge on any atom is -0.548 e. The van der Waals surface area contributed by atoms with Gasteiger partial charge in [-0.3, -0.25) is 19.2 Å². The summed E-state index contributed by atoms with van der Waals surface area (Å²) in [6.07, 6.45) is 4.95. The molecule has 4 unspecified atom stereocenters. The number of thioether (sulfide) groups is 1. The van der Waals surface area contributed by atoms with Crippen LogP contribution in [0.4, 0.5) is 5.13 Å². The van der Waals surface area contributed by atoms with Crippen LogP contribution in [-0.4, -0.2) is 120 Å². The second-order valence-electron chi connectivity index (χ2n) is 16.4. The van der Waals surface area contributed by atoms with E-state index < -0.39 is 75.7 Å². The molecule has 4 fully saturated rings. The van der Waals surface area contributed by atoms with Crippen LogP contribution in [0.2, 0.25) is 5.02 Å². The van der Waals surface area contributed by atoms with E-state index >= 15 is 0 Å². The van der Waals surface area contributed by atoms with E-state index in [1.165, 1.54) is 42.0 Å². The molecule has 2 bridgehead atoms. The van der Waals surface area contributed by atoms with E-state index in [1.54, 1.807) is 6.08 Å². The first-order valence-corrected chi connectivity index (χ1v) is 21.0. The number of allylic oxidation sites excluding steroid dienone is 2. The van der Waals surface area contributed by atoms with Crippen molar-refractivity contribution >= 4 is 80.9 Å². The van der Waals surface area contributed by atoms with Crippen molar-refractivity contribution in [2.45, 2.75) is 99.7 Å². The predicted molar refractivity (Wildman–Crippen MR) is 206 cm³/mol. The first-order chi connectivity index (χ1) is 27.2. The molecule has 5 aliphatic rings. The van der Waals surface area contributed by atoms with Gasteiger partial charge >= 0.3 is 29.6 Å². The van der Waals surface area contributed by atoms with Gasteiger partial charge in [-0.15, -0.1) is 23.1 Å². The van der Waals surface area contributed by atoms with Gasteiger partial charge in [-0.25, -0.2) is 4.98 Å². The van der Waals surface area contributed by atoms with Crippen molar-refractivity contribution < 1.29 is 88.1 Å². The van der Waals surface area contributed by atoms with Crippen molar-refractivity contribution in [3.05, 3.63) is 44.9 Å². The molecule has 0 radical (unpaired) electrons. The number of carboxylic acid groups (broad SMARTS) is 2. The second kappa shape index (κ2) is 16.6. The van der Waals surface area contributed by atoms with E-state index in [0.29, 0.717) is 29.4 Å². The Morgan fingerprint density at radius 3 is 2.42 bits per heavy atom. The number of carbonyl (C=O) groups excluding carboxylic acids is 6. The molecule has 0 spiro atoms. The standard InChI is InChI=1S/C38H43ClN6O11S2.Na/c1-15-21(13-45(4)18-6-7-19(45)10-16(9-18)11-23(46)20-8-5-17-12-24(47)31(49)26(39)25(17)30(20)48)29(35(52)53)44-33(51)28(34(44)58-15)42-32(50)27(22-14-57-37(40)41-22)43-56-38(2,3)36(54)55;/h8,12,14-16,18-19,21,28-29,34H,5-7,9-11,13H2,1-4H3,(H6-,40,41,42,43,47,48,49,50,52,53,54,55);/q;+1/p-1/t15-,16?,18-,19+,21?,28+,29?,34+,45?;/m0./s1. The average Bonchev–Trinajstić information content (AvgIpc) is 3.62. The number of aromatic nitrogens is 1. The van der Waals surface area contributed by atoms with Crippen molar-refractivity contribution in [3.63, 3.8) is 0 Å². The molecule has 7 rings (SSSR count). The molecule has 4 saturated heterocycles. The number of Topliss-reactive ketones (excluding diaryl/α,β-unsaturated/α-hetero) is 2. The van der Waals surface area contributed by atoms with Gasteiger partial charge in [0.05, 0.1) is 54.3 Å². The van der Waals surface area contributed by atoms with Gasteiger partial charge in [-0.1, -0.05) is 29.8 Å². The molecular weight excluding hydrogens is 839 g/mol. The van der Waals surface area contributed by atoms with Gasteiger partial charge in [0.1, 0.15) is 17.1 Å². The molecule has 5 heterocycles. The third-order valence-corrected chi connectivity index (χ3v) is 15.1. The summed E-state index contributed by atoms with van der Waals surface area (Å²) >= 11 is 8.57. The molecule has 2 amide bonds. The molecule has 2 aromatic rings. The monoisotopic (exact) mass is 880 g/mol. The van der Waals surface area contributed by atoms with Crippen molar-refractivity contribution in [1.82, 2.24) is 15.2 Å². The summed E-state index contributed by atoms with van der Waals surface area (Å²) in [5.74, 6) is -7.04. The Kier molecular flexibility index (Phi) is 12.6. The Morgan fingerprint density at radius 1 is 1.17 bits per heavy atom. The van der Waals surface area contributed by atoms with Crippen LogP contribution in [0, 0.1) is 11.8 Å². The van der Waals surface area contributed by atoms with Crippen molar-refractivity contribution in [3.8, 4) is 11.5 Å². The van der Waals surface area contributed by atoms with E-state index in [1.807, 2.05) is 6.92 Å². The molecular formula is C38H42ClN6NaO11S2. The van der Waals surface area contributed by atoms with Crippen molar-refractivity contribution in [2.24, 2.45) is 17.0 Å². The van der Waals surface area contributed by atoms with Gasteiger partial charge in [0.15, 0.2) is 39.5 Å². The minimum absolute atomic E-state index is 0. The largest absolute Gasteiger partial charge is 1.00 e. The van der Waals surface area contributed by atoms with Crippen LogP contribution in [0.1, 0.15) is 74.5 Å². The smallest absolute Gasteiger partial charge is 0.548 e. The first-order valence-electron chi connectivity index (χ1n) is 18.8. The number of carbonyl (C=O) groups is 6. The normalized spacial score (nSPS) is 29.9. The fraction of sp³-hybridized carbons (Fsp3) is 0.526. The molecule has 4 aliphatic heterocycles. The maximum atomic E-state index is 13.7. The van der Waals surface area contributed by atoms with Crippen LogP contribution in [0.25, 0.3) is 0 Å². The Labute approximate surface area is 374 Å². The molecule has 310 valence electrons. The van der Waals surface area contributed by atoms with E-state index in [4.69, 9.17) is 22.2 Å². The number of halogens is 1. The van der Waals surface area contributed by atoms with Crippen molar-refractivity contribution in [1.29, 1.82) is 0 Å². The second-order valence-corrected chi connectivity index (χ2v) is 19.1. The molecule has 1 aromatic heterocycles. The summed E-state index contributed by atoms with van der Waals surface area (Å²) in [7, 11) is 2.10. The predicted octanol–water partition coefficient (Wildman–Crippen LogP) is -2.72. The Bertz CT molecular complexity index is 2180. The van der Waals surface area contributed by atoms with Gasteiger partial charge in [0.2, 0.25) is 5.91 Å². The topological polar surface area (TPSA) is 265 Å². The van der Waals surface area contributed by atoms with Crippen LogP contribution >= 0.6 is 34.7 Å². The fourth-order valence-electron chi connectivity index (χ4n) is 9.30. The van der Waals surface area contributed by atoms with E-state index in [9.17, 15) is 49.2 Å². The van der Waals surface area contributed by atoms with Crippen molar-refractivity contribution in [2.75, 3.05) is 19.3 Å². The first kappa shape index (κ1) is 44.8. The molecule has 21 heteroatoms. The van der Waals surface area contributed by atoms with Gasteiger partial charge in [-0.05, 0) is 37.8 Å². The number of carboxylic acids is 2. The number of ketones is 2. The number of β-lactam (4-membered cyclic amide) rings is 1. The average molecular weight is 881 g/mol. The Balaban J connectivity index is 0.00000585. The number of phenolic OH excluding ortho intramolecular Hbond substituents is 2.